The van der Waals surface area contributed by atoms with Gasteiger partial charge in [0, 0.05) is 13.5 Å². The number of hydrazone groups is 1. The van der Waals surface area contributed by atoms with Gasteiger partial charge >= 0.3 is 12.0 Å². The molecule has 96 valence electrons. The molecule has 0 aliphatic carbocycles. The number of hydrogen-bond donors (Lipinski definition) is 1. The third-order valence-electron chi connectivity index (χ3n) is 2.26. The van der Waals surface area contributed by atoms with Gasteiger partial charge in [0.25, 0.3) is 0 Å². The fourth-order valence-corrected chi connectivity index (χ4v) is 1.41. The number of nitrogens with one attached hydrogen (secondary N) is 1. The zero-order valence-electron chi connectivity index (χ0n) is 9.88. The third kappa shape index (κ3) is 3.09. The van der Waals surface area contributed by atoms with Crippen molar-refractivity contribution < 1.29 is 18.7 Å². The molecule has 1 fully saturated rings. The lowest BCUT2D eigenvalue weighted by Gasteiger charge is -2.04. The van der Waals surface area contributed by atoms with Gasteiger partial charge in [-0.15, -0.1) is 0 Å². The Labute approximate surface area is 103 Å². The summed E-state index contributed by atoms with van der Waals surface area (Å²) in [6.45, 7) is 2.55. The molecule has 1 N–H and O–H groups in total. The van der Waals surface area contributed by atoms with Gasteiger partial charge in [-0.2, -0.15) is 5.10 Å². The maximum atomic E-state index is 11.2. The van der Waals surface area contributed by atoms with Crippen LogP contribution < -0.4 is 5.32 Å². The highest BCUT2D eigenvalue weighted by atomic mass is 16.5. The Balaban J connectivity index is 1.91. The molecule has 7 heteroatoms. The van der Waals surface area contributed by atoms with Crippen LogP contribution in [-0.4, -0.2) is 36.3 Å². The summed E-state index contributed by atoms with van der Waals surface area (Å²) in [5, 5.41) is 7.92. The highest BCUT2D eigenvalue weighted by Crippen LogP contribution is 2.08. The van der Waals surface area contributed by atoms with Crippen molar-refractivity contribution in [1.82, 2.24) is 10.3 Å². The van der Waals surface area contributed by atoms with E-state index in [1.807, 2.05) is 0 Å². The highest BCUT2D eigenvalue weighted by molar-refractivity contribution is 5.80. The minimum absolute atomic E-state index is 0.0906. The second-order valence-corrected chi connectivity index (χ2v) is 3.68. The van der Waals surface area contributed by atoms with Crippen molar-refractivity contribution in [3.63, 3.8) is 0 Å². The van der Waals surface area contributed by atoms with Gasteiger partial charge in [0.05, 0.1) is 12.8 Å². The number of hydrogen-bond acceptors (Lipinski definition) is 5. The molecule has 2 heterocycles. The number of esters is 1. The van der Waals surface area contributed by atoms with Crippen molar-refractivity contribution in [2.45, 2.75) is 13.5 Å². The Morgan fingerprint density at radius 1 is 1.67 bits per heavy atom. The van der Waals surface area contributed by atoms with E-state index in [2.05, 4.69) is 10.4 Å². The summed E-state index contributed by atoms with van der Waals surface area (Å²) >= 11 is 0. The van der Waals surface area contributed by atoms with Crippen molar-refractivity contribution in [1.29, 1.82) is 0 Å². The van der Waals surface area contributed by atoms with Gasteiger partial charge in [0.1, 0.15) is 18.1 Å². The van der Waals surface area contributed by atoms with Gasteiger partial charge < -0.3 is 14.5 Å². The van der Waals surface area contributed by atoms with Gasteiger partial charge in [-0.05, 0) is 12.1 Å². The lowest BCUT2D eigenvalue weighted by molar-refractivity contribution is -0.142. The molecule has 0 saturated carbocycles. The van der Waals surface area contributed by atoms with Crippen LogP contribution in [0.2, 0.25) is 0 Å². The molecule has 1 aromatic heterocycles. The van der Waals surface area contributed by atoms with E-state index in [0.717, 1.165) is 0 Å². The summed E-state index contributed by atoms with van der Waals surface area (Å²) < 4.78 is 10.1. The first kappa shape index (κ1) is 12.2. The lowest BCUT2D eigenvalue weighted by atomic mass is 10.4. The van der Waals surface area contributed by atoms with Crippen molar-refractivity contribution in [2.75, 3.05) is 13.1 Å². The normalized spacial score (nSPS) is 15.2. The lowest BCUT2D eigenvalue weighted by Crippen LogP contribution is -2.23. The molecule has 18 heavy (non-hydrogen) atoms. The summed E-state index contributed by atoms with van der Waals surface area (Å²) in [5.74, 6) is 0.657. The van der Waals surface area contributed by atoms with Crippen LogP contribution in [0.4, 0.5) is 4.79 Å². The van der Waals surface area contributed by atoms with Gasteiger partial charge in [-0.25, -0.2) is 9.80 Å². The number of amides is 2. The van der Waals surface area contributed by atoms with Gasteiger partial charge in [-0.1, -0.05) is 0 Å². The molecule has 2 rings (SSSR count). The predicted octanol–water partition coefficient (Wildman–Crippen LogP) is 0.702. The molecule has 1 aromatic rings. The summed E-state index contributed by atoms with van der Waals surface area (Å²) in [6, 6.07) is 3.16. The topological polar surface area (TPSA) is 84.1 Å². The van der Waals surface area contributed by atoms with E-state index >= 15 is 0 Å². The SMILES string of the molecule is CC(=O)OCc1ccc(/C=N/N2CCNC2=O)o1. The van der Waals surface area contributed by atoms with Crippen LogP contribution in [0.5, 0.6) is 0 Å². The number of carbonyl (C=O) groups is 2. The fourth-order valence-electron chi connectivity index (χ4n) is 1.41. The smallest absolute Gasteiger partial charge is 0.337 e. The standard InChI is InChI=1S/C11H13N3O4/c1-8(15)17-7-10-3-2-9(18-10)6-13-14-5-4-12-11(14)16/h2-3,6H,4-5,7H2,1H3,(H,12,16)/b13-6+. The number of ether oxygens (including phenoxy) is 1. The molecule has 7 nitrogen and oxygen atoms in total. The molecular formula is C11H13N3O4. The van der Waals surface area contributed by atoms with Crippen LogP contribution in [-0.2, 0) is 16.1 Å². The first-order chi connectivity index (χ1) is 8.65. The van der Waals surface area contributed by atoms with Gasteiger partial charge in [0.15, 0.2) is 0 Å². The molecule has 0 unspecified atom stereocenters. The molecule has 1 aliphatic heterocycles. The monoisotopic (exact) mass is 251 g/mol. The predicted molar refractivity (Wildman–Crippen MR) is 61.9 cm³/mol. The first-order valence-corrected chi connectivity index (χ1v) is 5.46. The number of carbonyl (C=O) groups excluding carboxylic acids is 2. The van der Waals surface area contributed by atoms with Crippen molar-refractivity contribution in [3.8, 4) is 0 Å². The van der Waals surface area contributed by atoms with Gasteiger partial charge in [0.2, 0.25) is 0 Å². The van der Waals surface area contributed by atoms with E-state index < -0.39 is 0 Å². The van der Waals surface area contributed by atoms with E-state index in [1.54, 1.807) is 12.1 Å². The highest BCUT2D eigenvalue weighted by Gasteiger charge is 2.17. The average molecular weight is 251 g/mol. The number of furan rings is 1. The second-order valence-electron chi connectivity index (χ2n) is 3.68. The van der Waals surface area contributed by atoms with E-state index in [1.165, 1.54) is 18.1 Å². The maximum Gasteiger partial charge on any atom is 0.337 e. The summed E-state index contributed by atoms with van der Waals surface area (Å²) in [7, 11) is 0. The molecule has 0 spiro atoms. The van der Waals surface area contributed by atoms with Crippen LogP contribution in [0, 0.1) is 0 Å². The largest absolute Gasteiger partial charge is 0.458 e. The minimum atomic E-state index is -0.365. The zero-order valence-corrected chi connectivity index (χ0v) is 9.88. The third-order valence-corrected chi connectivity index (χ3v) is 2.26. The number of urea groups is 1. The van der Waals surface area contributed by atoms with Crippen molar-refractivity contribution in [3.05, 3.63) is 23.7 Å². The zero-order chi connectivity index (χ0) is 13.0. The van der Waals surface area contributed by atoms with Crippen LogP contribution in [0.1, 0.15) is 18.4 Å². The molecule has 0 radical (unpaired) electrons. The van der Waals surface area contributed by atoms with Crippen LogP contribution in [0.25, 0.3) is 0 Å². The Bertz CT molecular complexity index is 480. The summed E-state index contributed by atoms with van der Waals surface area (Å²) in [6.07, 6.45) is 1.45. The second kappa shape index (κ2) is 5.35. The van der Waals surface area contributed by atoms with Crippen LogP contribution in [0.15, 0.2) is 21.7 Å². The maximum absolute atomic E-state index is 11.2. The first-order valence-electron chi connectivity index (χ1n) is 5.46. The molecular weight excluding hydrogens is 238 g/mol. The molecule has 1 saturated heterocycles. The summed E-state index contributed by atoms with van der Waals surface area (Å²) in [4.78, 5) is 21.8. The Kier molecular flexibility index (Phi) is 3.61. The molecule has 2 amide bonds. The Hall–Kier alpha value is -2.31. The Morgan fingerprint density at radius 2 is 2.50 bits per heavy atom. The minimum Gasteiger partial charge on any atom is -0.458 e. The number of rotatable bonds is 4. The van der Waals surface area contributed by atoms with E-state index in [9.17, 15) is 9.59 Å². The van der Waals surface area contributed by atoms with E-state index in [0.29, 0.717) is 24.6 Å². The van der Waals surface area contributed by atoms with Crippen molar-refractivity contribution in [2.24, 2.45) is 5.10 Å². The van der Waals surface area contributed by atoms with Gasteiger partial charge in [-0.3, -0.25) is 4.79 Å². The Morgan fingerprint density at radius 3 is 3.17 bits per heavy atom. The van der Waals surface area contributed by atoms with Crippen molar-refractivity contribution >= 4 is 18.2 Å². The number of nitrogens with zero attached hydrogens (tertiary/aromatic N) is 2. The van der Waals surface area contributed by atoms with Crippen LogP contribution >= 0.6 is 0 Å². The molecule has 0 aromatic carbocycles. The quantitative estimate of drug-likeness (QED) is 0.630. The van der Waals surface area contributed by atoms with Crippen LogP contribution in [0.3, 0.4) is 0 Å². The molecule has 0 atom stereocenters. The average Bonchev–Trinajstić information content (AvgIpc) is 2.93. The van der Waals surface area contributed by atoms with E-state index in [-0.39, 0.29) is 18.6 Å². The van der Waals surface area contributed by atoms with E-state index in [4.69, 9.17) is 9.15 Å². The summed E-state index contributed by atoms with van der Waals surface area (Å²) in [5.41, 5.74) is 0. The fraction of sp³-hybridized carbons (Fsp3) is 0.364. The molecule has 0 bridgehead atoms. The molecule has 1 aliphatic rings.